The fourth-order valence-electron chi connectivity index (χ4n) is 4.18. The average Bonchev–Trinajstić information content (AvgIpc) is 3.33. The Morgan fingerprint density at radius 1 is 1.11 bits per heavy atom. The zero-order valence-electron chi connectivity index (χ0n) is 20.8. The molecule has 1 saturated heterocycles. The van der Waals surface area contributed by atoms with E-state index in [1.807, 2.05) is 36.4 Å². The number of nitrogen functional groups attached to an aromatic ring is 1. The van der Waals surface area contributed by atoms with Crippen LogP contribution in [0.1, 0.15) is 40.5 Å². The summed E-state index contributed by atoms with van der Waals surface area (Å²) in [5.74, 6) is -0.327. The fraction of sp³-hybridized carbons (Fsp3) is 0.370. The Morgan fingerprint density at radius 2 is 1.92 bits per heavy atom. The highest BCUT2D eigenvalue weighted by atomic mass is 32.1. The molecule has 1 aromatic carbocycles. The van der Waals surface area contributed by atoms with E-state index in [4.69, 9.17) is 10.5 Å². The normalized spacial score (nSPS) is 14.6. The summed E-state index contributed by atoms with van der Waals surface area (Å²) in [4.78, 5) is 32.1. The minimum absolute atomic E-state index is 0.220. The van der Waals surface area contributed by atoms with Crippen molar-refractivity contribution in [2.45, 2.75) is 25.3 Å². The van der Waals surface area contributed by atoms with Gasteiger partial charge in [0, 0.05) is 36.6 Å². The first kappa shape index (κ1) is 26.6. The number of pyridine rings is 1. The number of carbonyl (C=O) groups excluding carboxylic acids is 2. The molecule has 1 atom stereocenters. The van der Waals surface area contributed by atoms with Crippen molar-refractivity contribution in [3.05, 3.63) is 76.2 Å². The molecule has 0 saturated carbocycles. The number of thiophene rings is 1. The first-order valence-electron chi connectivity index (χ1n) is 12.6. The molecule has 5 N–H and O–H groups in total. The summed E-state index contributed by atoms with van der Waals surface area (Å²) in [5, 5.41) is 12.4. The maximum atomic E-state index is 12.7. The Bertz CT molecular complexity index is 1130. The second kappa shape index (κ2) is 13.7. The second-order valence-electron chi connectivity index (χ2n) is 8.96. The molecule has 0 aliphatic carbocycles. The van der Waals surface area contributed by atoms with Crippen LogP contribution < -0.4 is 21.7 Å². The van der Waals surface area contributed by atoms with Gasteiger partial charge >= 0.3 is 6.03 Å². The largest absolute Gasteiger partial charge is 0.396 e. The van der Waals surface area contributed by atoms with Gasteiger partial charge in [-0.2, -0.15) is 0 Å². The second-order valence-corrected chi connectivity index (χ2v) is 9.70. The fourth-order valence-corrected chi connectivity index (χ4v) is 4.85. The Balaban J connectivity index is 1.35. The number of urea groups is 1. The average molecular weight is 523 g/mol. The lowest BCUT2D eigenvalue weighted by Gasteiger charge is -2.27. The van der Waals surface area contributed by atoms with Crippen LogP contribution in [-0.4, -0.2) is 61.2 Å². The van der Waals surface area contributed by atoms with Gasteiger partial charge in [-0.1, -0.05) is 36.4 Å². The molecule has 4 rings (SSSR count). The molecule has 3 heterocycles. The summed E-state index contributed by atoms with van der Waals surface area (Å²) >= 11 is 1.42. The summed E-state index contributed by atoms with van der Waals surface area (Å²) in [5.41, 5.74) is 9.28. The lowest BCUT2D eigenvalue weighted by atomic mass is 10.0. The van der Waals surface area contributed by atoms with Gasteiger partial charge in [0.05, 0.1) is 30.6 Å². The maximum Gasteiger partial charge on any atom is 0.315 e. The number of hydrogen-bond donors (Lipinski definition) is 4. The van der Waals surface area contributed by atoms with Crippen molar-refractivity contribution in [3.8, 4) is 0 Å². The third-order valence-corrected chi connectivity index (χ3v) is 7.04. The summed E-state index contributed by atoms with van der Waals surface area (Å²) < 4.78 is 5.43. The number of nitrogens with one attached hydrogen (secondary N) is 3. The van der Waals surface area contributed by atoms with Crippen molar-refractivity contribution in [2.75, 3.05) is 50.4 Å². The molecule has 196 valence electrons. The molecular formula is C27H34N6O3S. The highest BCUT2D eigenvalue weighted by molar-refractivity contribution is 7.09. The van der Waals surface area contributed by atoms with Gasteiger partial charge in [0.15, 0.2) is 0 Å². The number of nitrogens with two attached hydrogens (primary N) is 1. The lowest BCUT2D eigenvalue weighted by Crippen LogP contribution is -2.40. The molecule has 1 aliphatic rings. The Hall–Kier alpha value is -3.47. The van der Waals surface area contributed by atoms with E-state index in [9.17, 15) is 9.59 Å². The van der Waals surface area contributed by atoms with Gasteiger partial charge in [-0.15, -0.1) is 11.3 Å². The molecule has 10 heteroatoms. The van der Waals surface area contributed by atoms with E-state index in [0.717, 1.165) is 57.7 Å². The van der Waals surface area contributed by atoms with E-state index in [1.165, 1.54) is 16.9 Å². The Kier molecular flexibility index (Phi) is 9.87. The summed E-state index contributed by atoms with van der Waals surface area (Å²) in [6.45, 7) is 4.86. The molecule has 0 bridgehead atoms. The molecule has 1 fully saturated rings. The third-order valence-electron chi connectivity index (χ3n) is 6.28. The smallest absolute Gasteiger partial charge is 0.315 e. The maximum absolute atomic E-state index is 12.7. The molecule has 2 aromatic heterocycles. The zero-order valence-corrected chi connectivity index (χ0v) is 21.6. The standard InChI is InChI=1S/C27H34N6O3S/c28-22-18-37-19-25(22)31-26(34)24-9-8-21(17-30-24)23(7-4-12-33-13-15-36-16-14-33)32-27(35)29-11-10-20-5-2-1-3-6-20/h1-3,5-6,8-9,17-19,23H,4,7,10-16,28H2,(H,31,34)(H2,29,32,35). The van der Waals surface area contributed by atoms with Crippen molar-refractivity contribution in [2.24, 2.45) is 0 Å². The zero-order chi connectivity index (χ0) is 25.9. The molecule has 1 aliphatic heterocycles. The first-order chi connectivity index (χ1) is 18.1. The first-order valence-corrected chi connectivity index (χ1v) is 13.5. The van der Waals surface area contributed by atoms with E-state index in [-0.39, 0.29) is 23.7 Å². The van der Waals surface area contributed by atoms with E-state index in [0.29, 0.717) is 17.9 Å². The van der Waals surface area contributed by atoms with E-state index in [1.54, 1.807) is 23.0 Å². The highest BCUT2D eigenvalue weighted by Gasteiger charge is 2.18. The summed E-state index contributed by atoms with van der Waals surface area (Å²) in [6, 6.07) is 13.1. The van der Waals surface area contributed by atoms with Gasteiger partial charge in [-0.3, -0.25) is 14.7 Å². The molecular weight excluding hydrogens is 488 g/mol. The number of hydrogen-bond acceptors (Lipinski definition) is 7. The molecule has 3 amide bonds. The van der Waals surface area contributed by atoms with Crippen molar-refractivity contribution < 1.29 is 14.3 Å². The number of ether oxygens (including phenoxy) is 1. The predicted molar refractivity (Wildman–Crippen MR) is 147 cm³/mol. The van der Waals surface area contributed by atoms with Gasteiger partial charge in [0.25, 0.3) is 5.91 Å². The number of aromatic nitrogens is 1. The predicted octanol–water partition coefficient (Wildman–Crippen LogP) is 3.67. The van der Waals surface area contributed by atoms with E-state index >= 15 is 0 Å². The van der Waals surface area contributed by atoms with Crippen LogP contribution in [0, 0.1) is 0 Å². The van der Waals surface area contributed by atoms with Crippen LogP contribution in [0.25, 0.3) is 0 Å². The van der Waals surface area contributed by atoms with Crippen molar-refractivity contribution in [1.29, 1.82) is 0 Å². The van der Waals surface area contributed by atoms with Crippen LogP contribution in [0.4, 0.5) is 16.2 Å². The molecule has 0 spiro atoms. The van der Waals surface area contributed by atoms with Crippen LogP contribution in [0.3, 0.4) is 0 Å². The number of nitrogens with zero attached hydrogens (tertiary/aromatic N) is 2. The topological polar surface area (TPSA) is 122 Å². The number of anilines is 2. The lowest BCUT2D eigenvalue weighted by molar-refractivity contribution is 0.0369. The highest BCUT2D eigenvalue weighted by Crippen LogP contribution is 2.24. The summed E-state index contributed by atoms with van der Waals surface area (Å²) in [6.07, 6.45) is 4.09. The van der Waals surface area contributed by atoms with Crippen LogP contribution in [-0.2, 0) is 11.2 Å². The number of benzene rings is 1. The quantitative estimate of drug-likeness (QED) is 0.305. The minimum Gasteiger partial charge on any atom is -0.396 e. The van der Waals surface area contributed by atoms with E-state index in [2.05, 4.69) is 25.8 Å². The number of rotatable bonds is 11. The van der Waals surface area contributed by atoms with Gasteiger partial charge in [0.2, 0.25) is 0 Å². The van der Waals surface area contributed by atoms with Crippen LogP contribution in [0.2, 0.25) is 0 Å². The molecule has 9 nitrogen and oxygen atoms in total. The number of amides is 3. The van der Waals surface area contributed by atoms with Crippen molar-refractivity contribution in [1.82, 2.24) is 20.5 Å². The monoisotopic (exact) mass is 522 g/mol. The van der Waals surface area contributed by atoms with E-state index < -0.39 is 0 Å². The number of carbonyl (C=O) groups is 2. The van der Waals surface area contributed by atoms with Gasteiger partial charge < -0.3 is 26.4 Å². The van der Waals surface area contributed by atoms with Gasteiger partial charge in [-0.05, 0) is 43.0 Å². The summed E-state index contributed by atoms with van der Waals surface area (Å²) in [7, 11) is 0. The number of morpholine rings is 1. The van der Waals surface area contributed by atoms with Crippen molar-refractivity contribution >= 4 is 34.6 Å². The Labute approximate surface area is 221 Å². The van der Waals surface area contributed by atoms with Gasteiger partial charge in [-0.25, -0.2) is 4.79 Å². The van der Waals surface area contributed by atoms with Gasteiger partial charge in [0.1, 0.15) is 5.69 Å². The molecule has 3 aromatic rings. The van der Waals surface area contributed by atoms with Crippen LogP contribution in [0.15, 0.2) is 59.4 Å². The molecule has 0 radical (unpaired) electrons. The third kappa shape index (κ3) is 8.28. The Morgan fingerprint density at radius 3 is 2.62 bits per heavy atom. The van der Waals surface area contributed by atoms with Crippen LogP contribution >= 0.6 is 11.3 Å². The van der Waals surface area contributed by atoms with Crippen molar-refractivity contribution in [3.63, 3.8) is 0 Å². The molecule has 1 unspecified atom stereocenters. The minimum atomic E-state index is -0.327. The SMILES string of the molecule is Nc1cscc1NC(=O)c1ccc(C(CCCN2CCOCC2)NC(=O)NCCc2ccccc2)cn1. The molecule has 37 heavy (non-hydrogen) atoms. The van der Waals surface area contributed by atoms with Crippen LogP contribution in [0.5, 0.6) is 0 Å².